The van der Waals surface area contributed by atoms with Gasteiger partial charge in [0.2, 0.25) is 0 Å². The normalized spacial score (nSPS) is 52.9. The Kier molecular flexibility index (Phi) is 5.57. The maximum atomic E-state index is 11.5. The first-order chi connectivity index (χ1) is 13.6. The van der Waals surface area contributed by atoms with Crippen molar-refractivity contribution in [3.8, 4) is 0 Å². The number of carbonyl (C=O) groups is 1. The van der Waals surface area contributed by atoms with Gasteiger partial charge in [-0.25, -0.2) is 0 Å². The summed E-state index contributed by atoms with van der Waals surface area (Å²) in [5.41, 5.74) is -0.143. The number of hydrogen-bond acceptors (Lipinski definition) is 4. The highest BCUT2D eigenvalue weighted by atomic mass is 16.4. The fourth-order valence-corrected chi connectivity index (χ4v) is 8.68. The molecule has 4 rings (SSSR count). The quantitative estimate of drug-likeness (QED) is 0.571. The average Bonchev–Trinajstić information content (AvgIpc) is 3.01. The molecule has 0 radical (unpaired) electrons. The van der Waals surface area contributed by atoms with Crippen LogP contribution in [0.3, 0.4) is 0 Å². The Labute approximate surface area is 174 Å². The van der Waals surface area contributed by atoms with Gasteiger partial charge in [-0.15, -0.1) is 0 Å². The standard InChI is InChI=1S/C24H40O5/c1-13(4-7-21(28)29)16-5-6-17-22-18(12-20(27)24(16,17)3)23(2)9-8-15(25)10-14(23)11-19(22)26/h13-20,22,25-27H,4-12H2,1-3H3,(H,28,29)/t13-,14+,15-,16?,17?,18?,19?,20+,22?,23+,24-/m1/s1. The predicted molar refractivity (Wildman–Crippen MR) is 110 cm³/mol. The molecule has 4 fully saturated rings. The SMILES string of the molecule is C[C@H](CCC(=O)O)C1CCC2C3C(O)C[C@@H]4C[C@H](O)CC[C@]4(C)C3C[C@H](O)[C@@]21C. The van der Waals surface area contributed by atoms with E-state index in [2.05, 4.69) is 20.8 Å². The summed E-state index contributed by atoms with van der Waals surface area (Å²) in [6.45, 7) is 6.72. The molecule has 5 nitrogen and oxygen atoms in total. The summed E-state index contributed by atoms with van der Waals surface area (Å²) in [6.07, 6.45) is 6.00. The zero-order valence-corrected chi connectivity index (χ0v) is 18.3. The second-order valence-electron chi connectivity index (χ2n) is 11.4. The van der Waals surface area contributed by atoms with Gasteiger partial charge in [-0.05, 0) is 97.7 Å². The molecular formula is C24H40O5. The van der Waals surface area contributed by atoms with Crippen LogP contribution >= 0.6 is 0 Å². The second kappa shape index (κ2) is 7.49. The van der Waals surface area contributed by atoms with Crippen molar-refractivity contribution in [3.63, 3.8) is 0 Å². The van der Waals surface area contributed by atoms with Crippen molar-refractivity contribution in [2.24, 2.45) is 46.3 Å². The Hall–Kier alpha value is -0.650. The van der Waals surface area contributed by atoms with Crippen LogP contribution < -0.4 is 0 Å². The molecule has 5 unspecified atom stereocenters. The molecule has 4 aliphatic rings. The van der Waals surface area contributed by atoms with Crippen molar-refractivity contribution in [2.75, 3.05) is 0 Å². The Balaban J connectivity index is 1.61. The summed E-state index contributed by atoms with van der Waals surface area (Å²) >= 11 is 0. The third-order valence-corrected chi connectivity index (χ3v) is 10.3. The molecule has 0 saturated heterocycles. The Morgan fingerprint density at radius 1 is 1.03 bits per heavy atom. The zero-order chi connectivity index (χ0) is 21.1. The van der Waals surface area contributed by atoms with E-state index >= 15 is 0 Å². The molecule has 29 heavy (non-hydrogen) atoms. The molecule has 0 aliphatic heterocycles. The molecule has 5 heteroatoms. The molecule has 0 aromatic rings. The van der Waals surface area contributed by atoms with E-state index in [1.807, 2.05) is 0 Å². The lowest BCUT2D eigenvalue weighted by Gasteiger charge is -2.63. The van der Waals surface area contributed by atoms with Gasteiger partial charge in [0.05, 0.1) is 18.3 Å². The summed E-state index contributed by atoms with van der Waals surface area (Å²) < 4.78 is 0. The van der Waals surface area contributed by atoms with Crippen LogP contribution in [0, 0.1) is 46.3 Å². The maximum Gasteiger partial charge on any atom is 0.303 e. The molecule has 0 amide bonds. The zero-order valence-electron chi connectivity index (χ0n) is 18.3. The van der Waals surface area contributed by atoms with Crippen LogP contribution in [0.1, 0.15) is 78.6 Å². The van der Waals surface area contributed by atoms with Crippen LogP contribution in [-0.4, -0.2) is 44.7 Å². The van der Waals surface area contributed by atoms with E-state index in [4.69, 9.17) is 5.11 Å². The highest BCUT2D eigenvalue weighted by molar-refractivity contribution is 5.66. The van der Waals surface area contributed by atoms with E-state index in [1.165, 1.54) is 0 Å². The first-order valence-electron chi connectivity index (χ1n) is 11.8. The van der Waals surface area contributed by atoms with Crippen molar-refractivity contribution in [1.82, 2.24) is 0 Å². The molecule has 0 spiro atoms. The van der Waals surface area contributed by atoms with E-state index in [0.717, 1.165) is 44.9 Å². The summed E-state index contributed by atoms with van der Waals surface area (Å²) in [4.78, 5) is 11.1. The third-order valence-electron chi connectivity index (χ3n) is 10.3. The number of hydrogen-bond donors (Lipinski definition) is 4. The smallest absolute Gasteiger partial charge is 0.303 e. The topological polar surface area (TPSA) is 98.0 Å². The van der Waals surface area contributed by atoms with Crippen LogP contribution in [0.4, 0.5) is 0 Å². The summed E-state index contributed by atoms with van der Waals surface area (Å²) in [5.74, 6) is 0.997. The lowest BCUT2D eigenvalue weighted by molar-refractivity contribution is -0.207. The Morgan fingerprint density at radius 2 is 1.76 bits per heavy atom. The monoisotopic (exact) mass is 408 g/mol. The van der Waals surface area contributed by atoms with Crippen LogP contribution in [0.25, 0.3) is 0 Å². The minimum absolute atomic E-state index is 0.0957. The molecule has 11 atom stereocenters. The van der Waals surface area contributed by atoms with Crippen molar-refractivity contribution in [1.29, 1.82) is 0 Å². The van der Waals surface area contributed by atoms with Gasteiger partial charge in [-0.1, -0.05) is 20.8 Å². The van der Waals surface area contributed by atoms with Crippen LogP contribution in [-0.2, 0) is 4.79 Å². The predicted octanol–water partition coefficient (Wildman–Crippen LogP) is 3.45. The van der Waals surface area contributed by atoms with Crippen molar-refractivity contribution in [2.45, 2.75) is 96.9 Å². The fourth-order valence-electron chi connectivity index (χ4n) is 8.68. The van der Waals surface area contributed by atoms with E-state index < -0.39 is 12.1 Å². The lowest BCUT2D eigenvalue weighted by Crippen LogP contribution is -2.62. The average molecular weight is 409 g/mol. The van der Waals surface area contributed by atoms with Gasteiger partial charge in [0.1, 0.15) is 0 Å². The minimum atomic E-state index is -0.748. The first-order valence-corrected chi connectivity index (χ1v) is 11.8. The van der Waals surface area contributed by atoms with Crippen LogP contribution in [0.15, 0.2) is 0 Å². The molecule has 166 valence electrons. The first kappa shape index (κ1) is 21.6. The highest BCUT2D eigenvalue weighted by Crippen LogP contribution is 2.68. The van der Waals surface area contributed by atoms with Gasteiger partial charge >= 0.3 is 5.97 Å². The Bertz CT molecular complexity index is 637. The number of fused-ring (bicyclic) bond motifs is 5. The minimum Gasteiger partial charge on any atom is -0.481 e. The third kappa shape index (κ3) is 3.27. The van der Waals surface area contributed by atoms with E-state index in [1.54, 1.807) is 0 Å². The van der Waals surface area contributed by atoms with Gasteiger partial charge in [0.25, 0.3) is 0 Å². The molecule has 0 heterocycles. The molecule has 0 aromatic carbocycles. The number of aliphatic hydroxyl groups is 3. The van der Waals surface area contributed by atoms with Crippen molar-refractivity contribution in [3.05, 3.63) is 0 Å². The molecular weight excluding hydrogens is 368 g/mol. The van der Waals surface area contributed by atoms with Crippen molar-refractivity contribution >= 4 is 5.97 Å². The summed E-state index contributed by atoms with van der Waals surface area (Å²) in [6, 6.07) is 0. The number of rotatable bonds is 4. The van der Waals surface area contributed by atoms with Gasteiger partial charge < -0.3 is 20.4 Å². The number of carboxylic acids is 1. The second-order valence-corrected chi connectivity index (χ2v) is 11.4. The maximum absolute atomic E-state index is 11.5. The van der Waals surface area contributed by atoms with E-state index in [0.29, 0.717) is 30.1 Å². The van der Waals surface area contributed by atoms with Gasteiger partial charge in [-0.2, -0.15) is 0 Å². The summed E-state index contributed by atoms with van der Waals surface area (Å²) in [7, 11) is 0. The molecule has 4 saturated carbocycles. The van der Waals surface area contributed by atoms with Gasteiger partial charge in [-0.3, -0.25) is 4.79 Å². The largest absolute Gasteiger partial charge is 0.481 e. The highest BCUT2D eigenvalue weighted by Gasteiger charge is 2.65. The Morgan fingerprint density at radius 3 is 2.45 bits per heavy atom. The number of carboxylic acid groups (broad SMARTS) is 1. The van der Waals surface area contributed by atoms with Crippen LogP contribution in [0.5, 0.6) is 0 Å². The molecule has 0 aromatic heterocycles. The summed E-state index contributed by atoms with van der Waals surface area (Å²) in [5, 5.41) is 42.0. The number of aliphatic hydroxyl groups excluding tert-OH is 3. The van der Waals surface area contributed by atoms with E-state index in [9.17, 15) is 20.1 Å². The van der Waals surface area contributed by atoms with Gasteiger partial charge in [0, 0.05) is 6.42 Å². The van der Waals surface area contributed by atoms with Crippen LogP contribution in [0.2, 0.25) is 0 Å². The van der Waals surface area contributed by atoms with E-state index in [-0.39, 0.29) is 41.3 Å². The lowest BCUT2D eigenvalue weighted by atomic mass is 9.43. The molecule has 0 bridgehead atoms. The van der Waals surface area contributed by atoms with Crippen molar-refractivity contribution < 1.29 is 25.2 Å². The fraction of sp³-hybridized carbons (Fsp3) is 0.958. The molecule has 4 N–H and O–H groups in total. The number of aliphatic carboxylic acids is 1. The van der Waals surface area contributed by atoms with Gasteiger partial charge in [0.15, 0.2) is 0 Å². The molecule has 4 aliphatic carbocycles.